The molecule has 3 nitrogen and oxygen atoms in total. The van der Waals surface area contributed by atoms with Gasteiger partial charge in [-0.05, 0) is 6.07 Å². The highest BCUT2D eigenvalue weighted by atomic mass is 16.5. The monoisotopic (exact) mass is 155 g/mol. The van der Waals surface area contributed by atoms with Gasteiger partial charge >= 0.3 is 0 Å². The van der Waals surface area contributed by atoms with Crippen molar-refractivity contribution < 1.29 is 4.74 Å². The van der Waals surface area contributed by atoms with Crippen LogP contribution in [0, 0.1) is 0 Å². The largest absolute Gasteiger partial charge is 0.495 e. The maximum Gasteiger partial charge on any atom is 0.248 e. The van der Waals surface area contributed by atoms with Crippen LogP contribution in [0.3, 0.4) is 0 Å². The molecule has 11 heavy (non-hydrogen) atoms. The predicted octanol–water partition coefficient (Wildman–Crippen LogP) is 1.41. The Morgan fingerprint density at radius 1 is 1.36 bits per heavy atom. The highest BCUT2D eigenvalue weighted by Gasteiger charge is 1.85. The number of aromatic amines is 1. The minimum atomic E-state index is -0.115. The van der Waals surface area contributed by atoms with Gasteiger partial charge in [0.2, 0.25) is 5.56 Å². The second-order valence-corrected chi connectivity index (χ2v) is 1.59. The first-order valence-corrected chi connectivity index (χ1v) is 3.55. The van der Waals surface area contributed by atoms with Crippen LogP contribution in [0.2, 0.25) is 0 Å². The van der Waals surface area contributed by atoms with E-state index in [2.05, 4.69) is 4.98 Å². The third-order valence-electron chi connectivity index (χ3n) is 0.991. The van der Waals surface area contributed by atoms with Crippen molar-refractivity contribution >= 4 is 0 Å². The van der Waals surface area contributed by atoms with Gasteiger partial charge in [0.05, 0.1) is 7.11 Å². The SMILES string of the molecule is CC.COc1ccc(=O)[nH]c1. The molecule has 0 aromatic carbocycles. The van der Waals surface area contributed by atoms with Gasteiger partial charge in [-0.2, -0.15) is 0 Å². The standard InChI is InChI=1S/C6H7NO2.C2H6/c1-9-5-2-3-6(8)7-4-5;1-2/h2-4H,1H3,(H,7,8);1-2H3. The minimum absolute atomic E-state index is 0.115. The Labute approximate surface area is 66.0 Å². The Bertz CT molecular complexity index is 222. The van der Waals surface area contributed by atoms with Crippen LogP contribution in [0.5, 0.6) is 5.75 Å². The molecule has 3 heteroatoms. The maximum atomic E-state index is 10.4. The van der Waals surface area contributed by atoms with E-state index in [9.17, 15) is 4.79 Å². The van der Waals surface area contributed by atoms with Gasteiger partial charge in [-0.1, -0.05) is 13.8 Å². The van der Waals surface area contributed by atoms with Crippen molar-refractivity contribution in [3.63, 3.8) is 0 Å². The molecule has 1 aromatic rings. The number of nitrogens with one attached hydrogen (secondary N) is 1. The first-order chi connectivity index (χ1) is 5.33. The number of rotatable bonds is 1. The number of pyridine rings is 1. The molecule has 0 fully saturated rings. The van der Waals surface area contributed by atoms with Gasteiger partial charge in [0.15, 0.2) is 0 Å². The first-order valence-electron chi connectivity index (χ1n) is 3.55. The average molecular weight is 155 g/mol. The van der Waals surface area contributed by atoms with Crippen LogP contribution in [-0.4, -0.2) is 12.1 Å². The van der Waals surface area contributed by atoms with E-state index in [1.54, 1.807) is 13.2 Å². The molecule has 0 saturated heterocycles. The molecule has 1 N–H and O–H groups in total. The molecule has 1 heterocycles. The van der Waals surface area contributed by atoms with Crippen LogP contribution >= 0.6 is 0 Å². The highest BCUT2D eigenvalue weighted by molar-refractivity contribution is 5.14. The topological polar surface area (TPSA) is 42.1 Å². The molecule has 0 unspecified atom stereocenters. The Balaban J connectivity index is 0.000000461. The Hall–Kier alpha value is -1.25. The van der Waals surface area contributed by atoms with Crippen molar-refractivity contribution in [1.29, 1.82) is 0 Å². The molecule has 1 rings (SSSR count). The van der Waals surface area contributed by atoms with E-state index >= 15 is 0 Å². The summed E-state index contributed by atoms with van der Waals surface area (Å²) in [7, 11) is 1.55. The van der Waals surface area contributed by atoms with Crippen LogP contribution in [0.15, 0.2) is 23.1 Å². The molecule has 0 bridgehead atoms. The molecule has 0 spiro atoms. The molecule has 0 atom stereocenters. The molecule has 62 valence electrons. The predicted molar refractivity (Wildman–Crippen MR) is 45.0 cm³/mol. The van der Waals surface area contributed by atoms with E-state index in [0.717, 1.165) is 0 Å². The lowest BCUT2D eigenvalue weighted by Crippen LogP contribution is -2.01. The minimum Gasteiger partial charge on any atom is -0.495 e. The van der Waals surface area contributed by atoms with Crippen LogP contribution in [0.4, 0.5) is 0 Å². The van der Waals surface area contributed by atoms with Gasteiger partial charge in [-0.25, -0.2) is 0 Å². The Morgan fingerprint density at radius 2 is 2.00 bits per heavy atom. The van der Waals surface area contributed by atoms with Gasteiger partial charge in [0, 0.05) is 12.3 Å². The lowest BCUT2D eigenvalue weighted by Gasteiger charge is -1.93. The lowest BCUT2D eigenvalue weighted by atomic mass is 10.5. The zero-order valence-electron chi connectivity index (χ0n) is 7.05. The first kappa shape index (κ1) is 9.75. The summed E-state index contributed by atoms with van der Waals surface area (Å²) in [4.78, 5) is 12.9. The van der Waals surface area contributed by atoms with E-state index in [1.807, 2.05) is 13.8 Å². The molecule has 0 aliphatic rings. The number of methoxy groups -OCH3 is 1. The number of aromatic nitrogens is 1. The Kier molecular flexibility index (Phi) is 4.90. The fourth-order valence-corrected chi connectivity index (χ4v) is 0.523. The number of hydrogen-bond donors (Lipinski definition) is 1. The van der Waals surface area contributed by atoms with Crippen molar-refractivity contribution in [3.8, 4) is 5.75 Å². The third kappa shape index (κ3) is 3.45. The van der Waals surface area contributed by atoms with Crippen LogP contribution < -0.4 is 10.3 Å². The van der Waals surface area contributed by atoms with E-state index in [1.165, 1.54) is 12.3 Å². The van der Waals surface area contributed by atoms with Crippen LogP contribution in [0.25, 0.3) is 0 Å². The normalized spacial score (nSPS) is 7.91. The van der Waals surface area contributed by atoms with Gasteiger partial charge in [0.25, 0.3) is 0 Å². The van der Waals surface area contributed by atoms with E-state index in [4.69, 9.17) is 4.74 Å². The molecule has 0 aliphatic heterocycles. The number of H-pyrrole nitrogens is 1. The maximum absolute atomic E-state index is 10.4. The molecule has 0 saturated carbocycles. The second-order valence-electron chi connectivity index (χ2n) is 1.59. The van der Waals surface area contributed by atoms with Gasteiger partial charge in [0.1, 0.15) is 5.75 Å². The number of ether oxygens (including phenoxy) is 1. The lowest BCUT2D eigenvalue weighted by molar-refractivity contribution is 0.412. The average Bonchev–Trinajstić information content (AvgIpc) is 2.10. The molecular weight excluding hydrogens is 142 g/mol. The quantitative estimate of drug-likeness (QED) is 0.666. The summed E-state index contributed by atoms with van der Waals surface area (Å²) in [6.45, 7) is 4.00. The second kappa shape index (κ2) is 5.53. The fourth-order valence-electron chi connectivity index (χ4n) is 0.523. The summed E-state index contributed by atoms with van der Waals surface area (Å²) >= 11 is 0. The molecule has 1 aromatic heterocycles. The highest BCUT2D eigenvalue weighted by Crippen LogP contribution is 2.00. The van der Waals surface area contributed by atoms with E-state index < -0.39 is 0 Å². The zero-order valence-corrected chi connectivity index (χ0v) is 7.05. The van der Waals surface area contributed by atoms with Crippen molar-refractivity contribution in [1.82, 2.24) is 4.98 Å². The van der Waals surface area contributed by atoms with Gasteiger partial charge in [-0.15, -0.1) is 0 Å². The Morgan fingerprint density at radius 3 is 2.36 bits per heavy atom. The molecule has 0 radical (unpaired) electrons. The summed E-state index contributed by atoms with van der Waals surface area (Å²) in [6.07, 6.45) is 1.52. The molecule has 0 aliphatic carbocycles. The summed E-state index contributed by atoms with van der Waals surface area (Å²) in [5.41, 5.74) is -0.115. The van der Waals surface area contributed by atoms with E-state index in [0.29, 0.717) is 5.75 Å². The molecular formula is C8H13NO2. The zero-order chi connectivity index (χ0) is 8.69. The van der Waals surface area contributed by atoms with Crippen LogP contribution in [-0.2, 0) is 0 Å². The molecule has 0 amide bonds. The smallest absolute Gasteiger partial charge is 0.248 e. The van der Waals surface area contributed by atoms with Gasteiger partial charge in [-0.3, -0.25) is 4.79 Å². The summed E-state index contributed by atoms with van der Waals surface area (Å²) in [6, 6.07) is 3.03. The summed E-state index contributed by atoms with van der Waals surface area (Å²) < 4.78 is 4.80. The van der Waals surface area contributed by atoms with Crippen molar-refractivity contribution in [2.24, 2.45) is 0 Å². The van der Waals surface area contributed by atoms with Crippen molar-refractivity contribution in [2.75, 3.05) is 7.11 Å². The van der Waals surface area contributed by atoms with Crippen molar-refractivity contribution in [3.05, 3.63) is 28.7 Å². The third-order valence-corrected chi connectivity index (χ3v) is 0.991. The van der Waals surface area contributed by atoms with Crippen LogP contribution in [0.1, 0.15) is 13.8 Å². The summed E-state index contributed by atoms with van der Waals surface area (Å²) in [5.74, 6) is 0.662. The fraction of sp³-hybridized carbons (Fsp3) is 0.375. The summed E-state index contributed by atoms with van der Waals surface area (Å²) in [5, 5.41) is 0. The van der Waals surface area contributed by atoms with E-state index in [-0.39, 0.29) is 5.56 Å². The number of hydrogen-bond acceptors (Lipinski definition) is 2. The van der Waals surface area contributed by atoms with Crippen molar-refractivity contribution in [2.45, 2.75) is 13.8 Å². The van der Waals surface area contributed by atoms with Gasteiger partial charge < -0.3 is 9.72 Å².